The van der Waals surface area contributed by atoms with Crippen LogP contribution in [-0.4, -0.2) is 30.4 Å². The Hall–Kier alpha value is -2.21. The van der Waals surface area contributed by atoms with Crippen LogP contribution in [0.4, 0.5) is 4.39 Å². The molecule has 1 amide bonds. The van der Waals surface area contributed by atoms with Crippen LogP contribution in [0.15, 0.2) is 30.3 Å². The molecule has 1 heterocycles. The average molecular weight is 349 g/mol. The number of aryl methyl sites for hydroxylation is 2. The van der Waals surface area contributed by atoms with Crippen molar-refractivity contribution in [2.45, 2.75) is 26.8 Å². The molecular weight excluding hydrogens is 329 g/mol. The molecule has 2 rings (SSSR count). The number of nitrogens with zero attached hydrogens (tertiary/aromatic N) is 1. The van der Waals surface area contributed by atoms with Crippen LogP contribution < -0.4 is 0 Å². The minimum absolute atomic E-state index is 0.126. The highest BCUT2D eigenvalue weighted by Crippen LogP contribution is 2.22. The molecule has 24 heavy (non-hydrogen) atoms. The summed E-state index contributed by atoms with van der Waals surface area (Å²) in [4.78, 5) is 27.0. The third kappa shape index (κ3) is 4.41. The van der Waals surface area contributed by atoms with Gasteiger partial charge in [0.25, 0.3) is 5.91 Å². The monoisotopic (exact) mass is 349 g/mol. The van der Waals surface area contributed by atoms with Gasteiger partial charge in [0.2, 0.25) is 0 Å². The summed E-state index contributed by atoms with van der Waals surface area (Å²) >= 11 is 1.36. The normalized spacial score (nSPS) is 10.5. The van der Waals surface area contributed by atoms with E-state index in [-0.39, 0.29) is 24.9 Å². The molecule has 0 bridgehead atoms. The lowest BCUT2D eigenvalue weighted by Crippen LogP contribution is -2.31. The Morgan fingerprint density at radius 3 is 2.58 bits per heavy atom. The lowest BCUT2D eigenvalue weighted by molar-refractivity contribution is -0.133. The van der Waals surface area contributed by atoms with E-state index in [0.29, 0.717) is 10.4 Å². The zero-order valence-electron chi connectivity index (χ0n) is 14.0. The predicted octanol–water partition coefficient (Wildman–Crippen LogP) is 3.57. The maximum Gasteiger partial charge on any atom is 0.348 e. The van der Waals surface area contributed by atoms with Gasteiger partial charge in [-0.25, -0.2) is 9.18 Å². The zero-order valence-corrected chi connectivity index (χ0v) is 14.8. The van der Waals surface area contributed by atoms with Gasteiger partial charge in [-0.15, -0.1) is 11.3 Å². The van der Waals surface area contributed by atoms with Crippen LogP contribution in [0.2, 0.25) is 0 Å². The highest BCUT2D eigenvalue weighted by atomic mass is 32.1. The first-order valence-corrected chi connectivity index (χ1v) is 8.47. The van der Waals surface area contributed by atoms with E-state index in [1.807, 2.05) is 13.8 Å². The minimum atomic E-state index is -0.504. The summed E-state index contributed by atoms with van der Waals surface area (Å²) in [5.41, 5.74) is 1.52. The van der Waals surface area contributed by atoms with Crippen LogP contribution in [-0.2, 0) is 22.5 Å². The van der Waals surface area contributed by atoms with Gasteiger partial charge in [-0.05, 0) is 31.0 Å². The SMILES string of the molecule is CCc1cc(C(=O)OCC(=O)N(C)Cc2ccccc2F)sc1C. The molecule has 0 radical (unpaired) electrons. The van der Waals surface area contributed by atoms with Crippen molar-refractivity contribution in [1.29, 1.82) is 0 Å². The van der Waals surface area contributed by atoms with Crippen molar-refractivity contribution < 1.29 is 18.7 Å². The Bertz CT molecular complexity index is 742. The molecule has 1 aromatic heterocycles. The summed E-state index contributed by atoms with van der Waals surface area (Å²) in [7, 11) is 1.55. The van der Waals surface area contributed by atoms with Crippen molar-refractivity contribution in [3.63, 3.8) is 0 Å². The van der Waals surface area contributed by atoms with Crippen LogP contribution in [0, 0.1) is 12.7 Å². The van der Waals surface area contributed by atoms with Crippen LogP contribution in [0.3, 0.4) is 0 Å². The van der Waals surface area contributed by atoms with Gasteiger partial charge < -0.3 is 9.64 Å². The van der Waals surface area contributed by atoms with E-state index in [9.17, 15) is 14.0 Å². The smallest absolute Gasteiger partial charge is 0.348 e. The summed E-state index contributed by atoms with van der Waals surface area (Å²) in [6, 6.07) is 8.07. The Labute approximate surface area is 144 Å². The number of halogens is 1. The molecule has 0 N–H and O–H groups in total. The molecule has 0 fully saturated rings. The van der Waals surface area contributed by atoms with Crippen molar-refractivity contribution in [3.8, 4) is 0 Å². The van der Waals surface area contributed by atoms with Crippen LogP contribution in [0.25, 0.3) is 0 Å². The molecule has 0 aliphatic rings. The third-order valence-corrected chi connectivity index (χ3v) is 4.79. The molecule has 0 aliphatic heterocycles. The van der Waals surface area contributed by atoms with Crippen LogP contribution >= 0.6 is 11.3 Å². The van der Waals surface area contributed by atoms with E-state index in [1.54, 1.807) is 31.3 Å². The fraction of sp³-hybridized carbons (Fsp3) is 0.333. The molecule has 1 aromatic carbocycles. The van der Waals surface area contributed by atoms with Crippen LogP contribution in [0.5, 0.6) is 0 Å². The maximum absolute atomic E-state index is 13.6. The Balaban J connectivity index is 1.89. The fourth-order valence-corrected chi connectivity index (χ4v) is 3.26. The summed E-state index contributed by atoms with van der Waals surface area (Å²) in [6.07, 6.45) is 0.847. The van der Waals surface area contributed by atoms with E-state index in [2.05, 4.69) is 0 Å². The number of carbonyl (C=O) groups is 2. The molecule has 2 aromatic rings. The molecule has 128 valence electrons. The lowest BCUT2D eigenvalue weighted by Gasteiger charge is -2.17. The van der Waals surface area contributed by atoms with Gasteiger partial charge >= 0.3 is 5.97 Å². The van der Waals surface area contributed by atoms with Crippen molar-refractivity contribution in [3.05, 3.63) is 57.0 Å². The molecule has 0 unspecified atom stereocenters. The van der Waals surface area contributed by atoms with Crippen molar-refractivity contribution in [1.82, 2.24) is 4.90 Å². The highest BCUT2D eigenvalue weighted by Gasteiger charge is 2.17. The Morgan fingerprint density at radius 2 is 1.96 bits per heavy atom. The summed E-state index contributed by atoms with van der Waals surface area (Å²) in [5.74, 6) is -1.25. The maximum atomic E-state index is 13.6. The molecule has 0 aliphatic carbocycles. The number of rotatable bonds is 6. The third-order valence-electron chi connectivity index (χ3n) is 3.72. The fourth-order valence-electron chi connectivity index (χ4n) is 2.25. The van der Waals surface area contributed by atoms with Gasteiger partial charge in [-0.3, -0.25) is 4.79 Å². The second-order valence-electron chi connectivity index (χ2n) is 5.46. The quantitative estimate of drug-likeness (QED) is 0.749. The molecule has 0 saturated carbocycles. The number of likely N-dealkylation sites (N-methyl/N-ethyl adjacent to an activating group) is 1. The molecule has 0 atom stereocenters. The van der Waals surface area contributed by atoms with Gasteiger partial charge in [0, 0.05) is 24.0 Å². The number of esters is 1. The van der Waals surface area contributed by atoms with Gasteiger partial charge in [-0.1, -0.05) is 25.1 Å². The topological polar surface area (TPSA) is 46.6 Å². The van der Waals surface area contributed by atoms with Gasteiger partial charge in [-0.2, -0.15) is 0 Å². The van der Waals surface area contributed by atoms with Gasteiger partial charge in [0.15, 0.2) is 6.61 Å². The van der Waals surface area contributed by atoms with E-state index < -0.39 is 5.97 Å². The number of ether oxygens (including phenoxy) is 1. The molecule has 0 spiro atoms. The van der Waals surface area contributed by atoms with Crippen molar-refractivity contribution in [2.75, 3.05) is 13.7 Å². The Morgan fingerprint density at radius 1 is 1.25 bits per heavy atom. The number of benzene rings is 1. The highest BCUT2D eigenvalue weighted by molar-refractivity contribution is 7.14. The standard InChI is InChI=1S/C18H20FNO3S/c1-4-13-9-16(24-12(13)2)18(22)23-11-17(21)20(3)10-14-7-5-6-8-15(14)19/h5-9H,4,10-11H2,1-3H3. The summed E-state index contributed by atoms with van der Waals surface area (Å²) < 4.78 is 18.7. The first kappa shape index (κ1) is 18.1. The number of hydrogen-bond acceptors (Lipinski definition) is 4. The number of thiophene rings is 1. The molecule has 6 heteroatoms. The predicted molar refractivity (Wildman–Crippen MR) is 91.6 cm³/mol. The molecular formula is C18H20FNO3S. The number of hydrogen-bond donors (Lipinski definition) is 0. The minimum Gasteiger partial charge on any atom is -0.451 e. The lowest BCUT2D eigenvalue weighted by atomic mass is 10.2. The molecule has 4 nitrogen and oxygen atoms in total. The van der Waals surface area contributed by atoms with Gasteiger partial charge in [0.05, 0.1) is 0 Å². The number of carbonyl (C=O) groups excluding carboxylic acids is 2. The van der Waals surface area contributed by atoms with E-state index in [4.69, 9.17) is 4.74 Å². The first-order valence-electron chi connectivity index (χ1n) is 7.66. The zero-order chi connectivity index (χ0) is 17.7. The van der Waals surface area contributed by atoms with E-state index in [0.717, 1.165) is 16.9 Å². The van der Waals surface area contributed by atoms with E-state index >= 15 is 0 Å². The largest absolute Gasteiger partial charge is 0.451 e. The summed E-state index contributed by atoms with van der Waals surface area (Å²) in [6.45, 7) is 3.74. The average Bonchev–Trinajstić information content (AvgIpc) is 2.95. The Kier molecular flexibility index (Phi) is 6.09. The van der Waals surface area contributed by atoms with Crippen molar-refractivity contribution in [2.24, 2.45) is 0 Å². The second kappa shape index (κ2) is 8.06. The van der Waals surface area contributed by atoms with E-state index in [1.165, 1.54) is 22.3 Å². The second-order valence-corrected chi connectivity index (χ2v) is 6.72. The summed E-state index contributed by atoms with van der Waals surface area (Å²) in [5, 5.41) is 0. The number of amides is 1. The first-order chi connectivity index (χ1) is 11.4. The van der Waals surface area contributed by atoms with Crippen LogP contribution in [0.1, 0.15) is 32.6 Å². The van der Waals surface area contributed by atoms with Gasteiger partial charge in [0.1, 0.15) is 10.7 Å². The molecule has 0 saturated heterocycles. The van der Waals surface area contributed by atoms with Crippen molar-refractivity contribution >= 4 is 23.2 Å².